The Morgan fingerprint density at radius 2 is 2.05 bits per heavy atom. The zero-order valence-corrected chi connectivity index (χ0v) is 11.9. The first kappa shape index (κ1) is 15.1. The third kappa shape index (κ3) is 2.09. The second kappa shape index (κ2) is 5.25. The number of carboxylic acids is 1. The second-order valence-electron chi connectivity index (χ2n) is 4.63. The second-order valence-corrected chi connectivity index (χ2v) is 4.63. The van der Waals surface area contributed by atoms with E-state index in [-0.39, 0.29) is 23.3 Å². The summed E-state index contributed by atoms with van der Waals surface area (Å²) in [4.78, 5) is 23.4. The molecule has 0 radical (unpaired) electrons. The fourth-order valence-electron chi connectivity index (χ4n) is 2.40. The third-order valence-corrected chi connectivity index (χ3v) is 3.63. The molecule has 1 aromatic rings. The third-order valence-electron chi connectivity index (χ3n) is 3.63. The Kier molecular flexibility index (Phi) is 3.78. The average molecular weight is 296 g/mol. The molecule has 0 aliphatic carbocycles. The van der Waals surface area contributed by atoms with Gasteiger partial charge in [-0.3, -0.25) is 0 Å². The van der Waals surface area contributed by atoms with Crippen LogP contribution in [0.25, 0.3) is 0 Å². The molecule has 1 heterocycles. The van der Waals surface area contributed by atoms with Gasteiger partial charge in [0.05, 0.1) is 14.2 Å². The lowest BCUT2D eigenvalue weighted by atomic mass is 9.87. The van der Waals surface area contributed by atoms with Crippen LogP contribution in [0.15, 0.2) is 12.1 Å². The minimum absolute atomic E-state index is 0.0787. The predicted molar refractivity (Wildman–Crippen MR) is 70.6 cm³/mol. The van der Waals surface area contributed by atoms with Crippen LogP contribution in [-0.2, 0) is 9.53 Å². The maximum absolute atomic E-state index is 12.0. The summed E-state index contributed by atoms with van der Waals surface area (Å²) < 4.78 is 15.3. The molecular weight excluding hydrogens is 280 g/mol. The molecule has 0 saturated carbocycles. The number of ether oxygens (including phenoxy) is 3. The Labute approximate surface area is 121 Å². The maximum atomic E-state index is 12.0. The molecule has 1 aliphatic heterocycles. The predicted octanol–water partition coefficient (Wildman–Crippen LogP) is 1.14. The summed E-state index contributed by atoms with van der Waals surface area (Å²) >= 11 is 0. The van der Waals surface area contributed by atoms with Crippen molar-refractivity contribution in [2.24, 2.45) is 0 Å². The summed E-state index contributed by atoms with van der Waals surface area (Å²) in [7, 11) is 2.78. The molecule has 2 atom stereocenters. The lowest BCUT2D eigenvalue weighted by molar-refractivity contribution is -0.172. The summed E-state index contributed by atoms with van der Waals surface area (Å²) in [6.07, 6.45) is -1.41. The monoisotopic (exact) mass is 296 g/mol. The fraction of sp³-hybridized carbons (Fsp3) is 0.429. The molecule has 21 heavy (non-hydrogen) atoms. The topological polar surface area (TPSA) is 102 Å². The lowest BCUT2D eigenvalue weighted by Crippen LogP contribution is -2.44. The van der Waals surface area contributed by atoms with Gasteiger partial charge in [0.2, 0.25) is 5.60 Å². The molecular formula is C14H16O7. The van der Waals surface area contributed by atoms with Crippen molar-refractivity contribution in [1.29, 1.82) is 0 Å². The van der Waals surface area contributed by atoms with Gasteiger partial charge in [-0.25, -0.2) is 9.59 Å². The summed E-state index contributed by atoms with van der Waals surface area (Å²) in [6, 6.07) is 3.03. The van der Waals surface area contributed by atoms with Crippen LogP contribution in [-0.4, -0.2) is 42.0 Å². The smallest absolute Gasteiger partial charge is 0.343 e. The van der Waals surface area contributed by atoms with Crippen LogP contribution < -0.4 is 9.47 Å². The van der Waals surface area contributed by atoms with Crippen LogP contribution in [0.1, 0.15) is 35.4 Å². The van der Waals surface area contributed by atoms with Crippen molar-refractivity contribution in [1.82, 2.24) is 0 Å². The standard InChI is InChI=1S/C14H16O7/c1-4-14(18,13(16)17)11-7-5-6-8(19-2)10(20-3)9(7)12(15)21-11/h5-6,11,18H,4H2,1-3H3,(H,16,17)/t11-,14?/m1/s1. The van der Waals surface area contributed by atoms with Gasteiger partial charge in [0.1, 0.15) is 5.56 Å². The van der Waals surface area contributed by atoms with Gasteiger partial charge in [0.15, 0.2) is 17.6 Å². The summed E-state index contributed by atoms with van der Waals surface area (Å²) in [5.41, 5.74) is -1.85. The number of rotatable bonds is 5. The van der Waals surface area contributed by atoms with E-state index < -0.39 is 23.6 Å². The van der Waals surface area contributed by atoms with E-state index in [0.29, 0.717) is 5.75 Å². The molecule has 7 heteroatoms. The van der Waals surface area contributed by atoms with Crippen molar-refractivity contribution in [3.8, 4) is 11.5 Å². The average Bonchev–Trinajstić information content (AvgIpc) is 2.82. The Hall–Kier alpha value is -2.28. The number of aliphatic carboxylic acids is 1. The molecule has 7 nitrogen and oxygen atoms in total. The normalized spacial score (nSPS) is 19.4. The number of benzene rings is 1. The molecule has 2 N–H and O–H groups in total. The minimum Gasteiger partial charge on any atom is -0.493 e. The Morgan fingerprint density at radius 3 is 2.52 bits per heavy atom. The van der Waals surface area contributed by atoms with E-state index in [1.165, 1.54) is 33.3 Å². The number of cyclic esters (lactones) is 1. The maximum Gasteiger partial charge on any atom is 0.343 e. The summed E-state index contributed by atoms with van der Waals surface area (Å²) in [5, 5.41) is 19.5. The summed E-state index contributed by atoms with van der Waals surface area (Å²) in [6.45, 7) is 1.50. The molecule has 0 amide bonds. The first-order chi connectivity index (χ1) is 9.90. The van der Waals surface area contributed by atoms with Crippen LogP contribution in [0.3, 0.4) is 0 Å². The highest BCUT2D eigenvalue weighted by Gasteiger charge is 2.52. The van der Waals surface area contributed by atoms with Gasteiger partial charge in [-0.05, 0) is 12.5 Å². The number of carboxylic acid groups (broad SMARTS) is 1. The van der Waals surface area contributed by atoms with Gasteiger partial charge >= 0.3 is 11.9 Å². The van der Waals surface area contributed by atoms with Gasteiger partial charge in [-0.15, -0.1) is 0 Å². The van der Waals surface area contributed by atoms with E-state index in [9.17, 15) is 19.8 Å². The SMILES string of the molecule is CCC(O)(C(=O)O)[C@@H]1OC(=O)c2c1ccc(OC)c2OC. The Balaban J connectivity index is 2.62. The molecule has 0 spiro atoms. The van der Waals surface area contributed by atoms with Crippen molar-refractivity contribution < 1.29 is 34.0 Å². The molecule has 0 fully saturated rings. The first-order valence-electron chi connectivity index (χ1n) is 6.32. The molecule has 0 aromatic heterocycles. The molecule has 0 saturated heterocycles. The highest BCUT2D eigenvalue weighted by Crippen LogP contribution is 2.46. The molecule has 114 valence electrons. The van der Waals surface area contributed by atoms with Gasteiger partial charge < -0.3 is 24.4 Å². The number of esters is 1. The van der Waals surface area contributed by atoms with Crippen molar-refractivity contribution in [3.63, 3.8) is 0 Å². The first-order valence-corrected chi connectivity index (χ1v) is 6.32. The van der Waals surface area contributed by atoms with Crippen molar-refractivity contribution in [3.05, 3.63) is 23.3 Å². The van der Waals surface area contributed by atoms with E-state index in [4.69, 9.17) is 14.2 Å². The number of carbonyl (C=O) groups is 2. The lowest BCUT2D eigenvalue weighted by Gasteiger charge is -2.27. The number of hydrogen-bond donors (Lipinski definition) is 2. The zero-order chi connectivity index (χ0) is 15.8. The zero-order valence-electron chi connectivity index (χ0n) is 11.9. The van der Waals surface area contributed by atoms with Crippen molar-refractivity contribution >= 4 is 11.9 Å². The molecule has 0 bridgehead atoms. The van der Waals surface area contributed by atoms with Crippen molar-refractivity contribution in [2.45, 2.75) is 25.0 Å². The van der Waals surface area contributed by atoms with Gasteiger partial charge in [-0.2, -0.15) is 0 Å². The number of methoxy groups -OCH3 is 2. The Morgan fingerprint density at radius 1 is 1.38 bits per heavy atom. The van der Waals surface area contributed by atoms with Crippen LogP contribution in [0.4, 0.5) is 0 Å². The Bertz CT molecular complexity index is 595. The van der Waals surface area contributed by atoms with E-state index in [1.54, 1.807) is 0 Å². The number of aliphatic hydroxyl groups is 1. The van der Waals surface area contributed by atoms with E-state index in [1.807, 2.05) is 0 Å². The number of fused-ring (bicyclic) bond motifs is 1. The van der Waals surface area contributed by atoms with Crippen molar-refractivity contribution in [2.75, 3.05) is 14.2 Å². The molecule has 1 aromatic carbocycles. The van der Waals surface area contributed by atoms with Crippen LogP contribution in [0.2, 0.25) is 0 Å². The quantitative estimate of drug-likeness (QED) is 0.785. The number of hydrogen-bond acceptors (Lipinski definition) is 6. The number of carbonyl (C=O) groups excluding carboxylic acids is 1. The van der Waals surface area contributed by atoms with E-state index >= 15 is 0 Å². The molecule has 1 aliphatic rings. The van der Waals surface area contributed by atoms with Gasteiger partial charge in [0.25, 0.3) is 0 Å². The largest absolute Gasteiger partial charge is 0.493 e. The summed E-state index contributed by atoms with van der Waals surface area (Å²) in [5.74, 6) is -1.72. The van der Waals surface area contributed by atoms with E-state index in [0.717, 1.165) is 0 Å². The molecule has 2 rings (SSSR count). The highest BCUT2D eigenvalue weighted by molar-refractivity contribution is 5.99. The van der Waals surface area contributed by atoms with Crippen LogP contribution in [0.5, 0.6) is 11.5 Å². The highest BCUT2D eigenvalue weighted by atomic mass is 16.6. The fourth-order valence-corrected chi connectivity index (χ4v) is 2.40. The molecule has 1 unspecified atom stereocenters. The minimum atomic E-state index is -2.19. The van der Waals surface area contributed by atoms with Crippen LogP contribution >= 0.6 is 0 Å². The van der Waals surface area contributed by atoms with E-state index in [2.05, 4.69) is 0 Å². The van der Waals surface area contributed by atoms with Crippen LogP contribution in [0, 0.1) is 0 Å². The van der Waals surface area contributed by atoms with Gasteiger partial charge in [-0.1, -0.05) is 13.0 Å². The van der Waals surface area contributed by atoms with Gasteiger partial charge in [0, 0.05) is 5.56 Å².